The van der Waals surface area contributed by atoms with Crippen molar-refractivity contribution in [2.24, 2.45) is 5.73 Å². The molecule has 3 aromatic rings. The third kappa shape index (κ3) is 4.07. The number of nitrogens with two attached hydrogens (primary N) is 1. The highest BCUT2D eigenvalue weighted by molar-refractivity contribution is 5.92. The average molecular weight is 399 g/mol. The minimum Gasteiger partial charge on any atom is -0.390 e. The number of nitrogens with zero attached hydrogens (tertiary/aromatic N) is 2. The number of halogens is 2. The van der Waals surface area contributed by atoms with Crippen LogP contribution in [0.5, 0.6) is 0 Å². The third-order valence-electron chi connectivity index (χ3n) is 4.67. The maximum atomic E-state index is 13.9. The highest BCUT2D eigenvalue weighted by atomic mass is 19.3. The highest BCUT2D eigenvalue weighted by Gasteiger charge is 2.31. The zero-order valence-corrected chi connectivity index (χ0v) is 15.5. The van der Waals surface area contributed by atoms with Crippen molar-refractivity contribution in [2.45, 2.75) is 18.8 Å². The standard InChI is InChI=1S/C21H19F2N3O3/c1-13(14-6-5-7-15(10-14)21(22,23)12-27)17-11-18(28)26(25-19(17)20(24)29)16-8-3-2-4-9-16/h2-11,13,27H,12H2,1H3,(H2,24,29). The number of primary amides is 1. The van der Waals surface area contributed by atoms with Gasteiger partial charge in [-0.25, -0.2) is 0 Å². The summed E-state index contributed by atoms with van der Waals surface area (Å²) in [6.07, 6.45) is 0. The molecule has 3 N–H and O–H groups in total. The average Bonchev–Trinajstić information content (AvgIpc) is 2.73. The first kappa shape index (κ1) is 20.3. The summed E-state index contributed by atoms with van der Waals surface area (Å²) in [7, 11) is 0. The number of hydrogen-bond donors (Lipinski definition) is 2. The molecule has 0 spiro atoms. The number of para-hydroxylation sites is 1. The van der Waals surface area contributed by atoms with Gasteiger partial charge in [-0.15, -0.1) is 0 Å². The maximum absolute atomic E-state index is 13.9. The van der Waals surface area contributed by atoms with Gasteiger partial charge in [0.25, 0.3) is 17.4 Å². The Labute approximate surface area is 165 Å². The van der Waals surface area contributed by atoms with Crippen LogP contribution in [-0.4, -0.2) is 27.4 Å². The van der Waals surface area contributed by atoms with Gasteiger partial charge in [0.1, 0.15) is 6.61 Å². The molecule has 3 rings (SSSR count). The summed E-state index contributed by atoms with van der Waals surface area (Å²) < 4.78 is 28.8. The molecular formula is C21H19F2N3O3. The summed E-state index contributed by atoms with van der Waals surface area (Å²) in [6, 6.07) is 15.2. The molecule has 0 saturated carbocycles. The molecule has 0 saturated heterocycles. The van der Waals surface area contributed by atoms with E-state index in [1.54, 1.807) is 43.3 Å². The molecule has 0 fully saturated rings. The second-order valence-electron chi connectivity index (χ2n) is 6.61. The van der Waals surface area contributed by atoms with E-state index < -0.39 is 29.9 Å². The molecule has 1 aromatic heterocycles. The smallest absolute Gasteiger partial charge is 0.295 e. The quantitative estimate of drug-likeness (QED) is 0.666. The first-order valence-electron chi connectivity index (χ1n) is 8.83. The van der Waals surface area contributed by atoms with E-state index in [1.807, 2.05) is 0 Å². The fourth-order valence-electron chi connectivity index (χ4n) is 3.05. The van der Waals surface area contributed by atoms with Crippen molar-refractivity contribution in [1.82, 2.24) is 9.78 Å². The zero-order chi connectivity index (χ0) is 21.2. The summed E-state index contributed by atoms with van der Waals surface area (Å²) in [6.45, 7) is 0.331. The molecule has 2 aromatic carbocycles. The molecule has 1 unspecified atom stereocenters. The lowest BCUT2D eigenvalue weighted by atomic mass is 9.90. The van der Waals surface area contributed by atoms with Crippen molar-refractivity contribution in [3.8, 4) is 5.69 Å². The van der Waals surface area contributed by atoms with Gasteiger partial charge in [0.2, 0.25) is 0 Å². The molecule has 6 nitrogen and oxygen atoms in total. The van der Waals surface area contributed by atoms with Gasteiger partial charge in [-0.2, -0.15) is 18.6 Å². The molecule has 0 bridgehead atoms. The summed E-state index contributed by atoms with van der Waals surface area (Å²) in [5.41, 5.74) is 5.63. The van der Waals surface area contributed by atoms with Crippen molar-refractivity contribution in [2.75, 3.05) is 6.61 Å². The van der Waals surface area contributed by atoms with E-state index in [-0.39, 0.29) is 16.8 Å². The summed E-state index contributed by atoms with van der Waals surface area (Å²) >= 11 is 0. The van der Waals surface area contributed by atoms with Crippen LogP contribution in [-0.2, 0) is 5.92 Å². The molecule has 0 radical (unpaired) electrons. The molecule has 1 heterocycles. The van der Waals surface area contributed by atoms with Crippen LogP contribution < -0.4 is 11.3 Å². The molecule has 150 valence electrons. The van der Waals surface area contributed by atoms with E-state index in [4.69, 9.17) is 10.8 Å². The van der Waals surface area contributed by atoms with Crippen LogP contribution in [0.2, 0.25) is 0 Å². The lowest BCUT2D eigenvalue weighted by Gasteiger charge is -2.19. The number of aromatic nitrogens is 2. The van der Waals surface area contributed by atoms with E-state index in [0.29, 0.717) is 11.3 Å². The van der Waals surface area contributed by atoms with Crippen LogP contribution >= 0.6 is 0 Å². The molecule has 29 heavy (non-hydrogen) atoms. The van der Waals surface area contributed by atoms with E-state index in [9.17, 15) is 18.4 Å². The van der Waals surface area contributed by atoms with Crippen LogP contribution in [0.4, 0.5) is 8.78 Å². The Balaban J connectivity index is 2.11. The fraction of sp³-hybridized carbons (Fsp3) is 0.190. The van der Waals surface area contributed by atoms with E-state index in [0.717, 1.165) is 4.68 Å². The Morgan fingerprint density at radius 2 is 1.86 bits per heavy atom. The summed E-state index contributed by atoms with van der Waals surface area (Å²) in [4.78, 5) is 24.6. The van der Waals surface area contributed by atoms with Gasteiger partial charge in [-0.05, 0) is 29.3 Å². The monoisotopic (exact) mass is 399 g/mol. The van der Waals surface area contributed by atoms with Gasteiger partial charge in [0.15, 0.2) is 5.69 Å². The van der Waals surface area contributed by atoms with Gasteiger partial charge in [0, 0.05) is 17.5 Å². The molecule has 0 aliphatic heterocycles. The normalized spacial score (nSPS) is 12.6. The first-order valence-corrected chi connectivity index (χ1v) is 8.83. The maximum Gasteiger partial charge on any atom is 0.295 e. The predicted molar refractivity (Wildman–Crippen MR) is 103 cm³/mol. The summed E-state index contributed by atoms with van der Waals surface area (Å²) in [5, 5.41) is 13.0. The minimum absolute atomic E-state index is 0.125. The van der Waals surface area contributed by atoms with Crippen LogP contribution in [0, 0.1) is 0 Å². The van der Waals surface area contributed by atoms with E-state index in [2.05, 4.69) is 5.10 Å². The lowest BCUT2D eigenvalue weighted by Crippen LogP contribution is -2.28. The molecule has 1 amide bonds. The second kappa shape index (κ2) is 7.92. The Bertz CT molecular complexity index is 1100. The fourth-order valence-corrected chi connectivity index (χ4v) is 3.05. The lowest BCUT2D eigenvalue weighted by molar-refractivity contribution is -0.0556. The van der Waals surface area contributed by atoms with E-state index >= 15 is 0 Å². The van der Waals surface area contributed by atoms with Crippen molar-refractivity contribution in [3.05, 3.63) is 93.4 Å². The minimum atomic E-state index is -3.41. The van der Waals surface area contributed by atoms with Gasteiger partial charge in [0.05, 0.1) is 5.69 Å². The number of aliphatic hydroxyl groups is 1. The highest BCUT2D eigenvalue weighted by Crippen LogP contribution is 2.32. The zero-order valence-electron chi connectivity index (χ0n) is 15.5. The molecule has 0 aliphatic rings. The van der Waals surface area contributed by atoms with Gasteiger partial charge in [-0.1, -0.05) is 43.3 Å². The Morgan fingerprint density at radius 1 is 1.17 bits per heavy atom. The number of carbonyl (C=O) groups is 1. The SMILES string of the molecule is CC(c1cccc(C(F)(F)CO)c1)c1cc(=O)n(-c2ccccc2)nc1C(N)=O. The van der Waals surface area contributed by atoms with Crippen LogP contribution in [0.15, 0.2) is 65.5 Å². The number of aliphatic hydroxyl groups excluding tert-OH is 1. The number of hydrogen-bond acceptors (Lipinski definition) is 4. The number of benzene rings is 2. The molecule has 0 aliphatic carbocycles. The second-order valence-corrected chi connectivity index (χ2v) is 6.61. The summed E-state index contributed by atoms with van der Waals surface area (Å²) in [5.74, 6) is -4.86. The molecule has 8 heteroatoms. The predicted octanol–water partition coefficient (Wildman–Crippen LogP) is 2.57. The number of alkyl halides is 2. The van der Waals surface area contributed by atoms with Gasteiger partial charge in [-0.3, -0.25) is 9.59 Å². The Hall–Kier alpha value is -3.39. The molecule has 1 atom stereocenters. The van der Waals surface area contributed by atoms with Gasteiger partial charge >= 0.3 is 0 Å². The number of carbonyl (C=O) groups excluding carboxylic acids is 1. The molecular weight excluding hydrogens is 380 g/mol. The van der Waals surface area contributed by atoms with Gasteiger partial charge < -0.3 is 10.8 Å². The third-order valence-corrected chi connectivity index (χ3v) is 4.67. The Kier molecular flexibility index (Phi) is 5.56. The largest absolute Gasteiger partial charge is 0.390 e. The van der Waals surface area contributed by atoms with Crippen LogP contribution in [0.3, 0.4) is 0 Å². The van der Waals surface area contributed by atoms with Crippen molar-refractivity contribution >= 4 is 5.91 Å². The van der Waals surface area contributed by atoms with Crippen molar-refractivity contribution in [3.63, 3.8) is 0 Å². The van der Waals surface area contributed by atoms with E-state index in [1.165, 1.54) is 24.3 Å². The van der Waals surface area contributed by atoms with Crippen molar-refractivity contribution < 1.29 is 18.7 Å². The topological polar surface area (TPSA) is 98.2 Å². The Morgan fingerprint density at radius 3 is 2.48 bits per heavy atom. The van der Waals surface area contributed by atoms with Crippen molar-refractivity contribution in [1.29, 1.82) is 0 Å². The number of amides is 1. The first-order chi connectivity index (χ1) is 13.7. The van der Waals surface area contributed by atoms with Crippen LogP contribution in [0.1, 0.15) is 40.0 Å². The number of rotatable bonds is 6. The van der Waals surface area contributed by atoms with Crippen LogP contribution in [0.25, 0.3) is 5.69 Å².